The van der Waals surface area contributed by atoms with Crippen LogP contribution in [0.3, 0.4) is 0 Å². The number of carbonyl (C=O) groups excluding carboxylic acids is 1. The van der Waals surface area contributed by atoms with Crippen LogP contribution in [0, 0.1) is 0 Å². The second-order valence-corrected chi connectivity index (χ2v) is 7.88. The highest BCUT2D eigenvalue weighted by Crippen LogP contribution is 2.34. The highest BCUT2D eigenvalue weighted by atomic mass is 32.1. The first kappa shape index (κ1) is 19.2. The molecule has 0 saturated heterocycles. The summed E-state index contributed by atoms with van der Waals surface area (Å²) in [5.41, 5.74) is 2.60. The Balaban J connectivity index is 1.68. The molecule has 4 rings (SSSR count). The molecule has 1 aliphatic heterocycles. The van der Waals surface area contributed by atoms with Crippen LogP contribution in [0.4, 0.5) is 5.13 Å². The highest BCUT2D eigenvalue weighted by molar-refractivity contribution is 7.80. The Bertz CT molecular complexity index is 1120. The van der Waals surface area contributed by atoms with E-state index in [9.17, 15) is 9.90 Å². The van der Waals surface area contributed by atoms with Gasteiger partial charge in [-0.05, 0) is 49.0 Å². The molecular formula is C20H18N4O3S2. The Morgan fingerprint density at radius 2 is 2.10 bits per heavy atom. The van der Waals surface area contributed by atoms with E-state index in [2.05, 4.69) is 20.9 Å². The van der Waals surface area contributed by atoms with Crippen LogP contribution in [0.25, 0.3) is 10.2 Å². The number of nitrogens with one attached hydrogen (secondary N) is 3. The fraction of sp³-hybridized carbons (Fsp3) is 0.150. The minimum absolute atomic E-state index is 0.0140. The van der Waals surface area contributed by atoms with E-state index in [4.69, 9.17) is 17.0 Å². The van der Waals surface area contributed by atoms with Crippen LogP contribution in [0.15, 0.2) is 53.7 Å². The lowest BCUT2D eigenvalue weighted by Crippen LogP contribution is -2.45. The van der Waals surface area contributed by atoms with Crippen LogP contribution in [-0.2, 0) is 4.79 Å². The molecule has 1 aliphatic rings. The van der Waals surface area contributed by atoms with Crippen LogP contribution in [-0.4, -0.2) is 28.2 Å². The van der Waals surface area contributed by atoms with Gasteiger partial charge >= 0.3 is 0 Å². The highest BCUT2D eigenvalue weighted by Gasteiger charge is 2.31. The number of fused-ring (bicyclic) bond motifs is 1. The number of ether oxygens (including phenoxy) is 1. The lowest BCUT2D eigenvalue weighted by molar-refractivity contribution is -0.113. The number of thiazole rings is 1. The van der Waals surface area contributed by atoms with Gasteiger partial charge in [0.2, 0.25) is 0 Å². The molecule has 0 spiro atoms. The predicted octanol–water partition coefficient (Wildman–Crippen LogP) is 3.44. The van der Waals surface area contributed by atoms with Crippen LogP contribution in [0.1, 0.15) is 18.5 Å². The maximum atomic E-state index is 13.1. The van der Waals surface area contributed by atoms with Gasteiger partial charge in [0.05, 0.1) is 28.9 Å². The van der Waals surface area contributed by atoms with E-state index >= 15 is 0 Å². The molecule has 0 fully saturated rings. The fourth-order valence-electron chi connectivity index (χ4n) is 3.22. The Hall–Kier alpha value is -3.17. The number of rotatable bonds is 4. The van der Waals surface area contributed by atoms with Gasteiger partial charge in [0.15, 0.2) is 21.7 Å². The molecule has 2 aromatic carbocycles. The molecule has 7 nitrogen and oxygen atoms in total. The number of hydrogen-bond acceptors (Lipinski definition) is 6. The number of carbonyl (C=O) groups is 1. The topological polar surface area (TPSA) is 95.5 Å². The number of aromatic nitrogens is 1. The van der Waals surface area contributed by atoms with Crippen LogP contribution >= 0.6 is 23.6 Å². The number of methoxy groups -OCH3 is 1. The number of amides is 1. The van der Waals surface area contributed by atoms with E-state index in [1.54, 1.807) is 25.1 Å². The van der Waals surface area contributed by atoms with E-state index in [1.807, 2.05) is 24.3 Å². The third-order valence-corrected chi connectivity index (χ3v) is 5.74. The summed E-state index contributed by atoms with van der Waals surface area (Å²) in [5.74, 6) is 0.0376. The third-order valence-electron chi connectivity index (χ3n) is 4.56. The third kappa shape index (κ3) is 3.74. The summed E-state index contributed by atoms with van der Waals surface area (Å²) in [5, 5.41) is 20.1. The molecule has 0 saturated carbocycles. The van der Waals surface area contributed by atoms with Crippen molar-refractivity contribution in [2.24, 2.45) is 0 Å². The van der Waals surface area contributed by atoms with Gasteiger partial charge in [-0.25, -0.2) is 4.98 Å². The average Bonchev–Trinajstić information content (AvgIpc) is 3.09. The van der Waals surface area contributed by atoms with E-state index in [-0.39, 0.29) is 11.7 Å². The maximum Gasteiger partial charge on any atom is 0.257 e. The summed E-state index contributed by atoms with van der Waals surface area (Å²) in [4.78, 5) is 17.6. The zero-order valence-corrected chi connectivity index (χ0v) is 17.3. The molecule has 0 aliphatic carbocycles. The zero-order chi connectivity index (χ0) is 20.5. The number of phenolic OH excluding ortho intramolecular Hbond substituents is 1. The molecule has 1 aromatic heterocycles. The standard InChI is InChI=1S/C20H18N4O3S2/c1-10-16(18(26)24-20-22-12-5-3-4-6-15(12)29-20)17(23-19(28)21-10)11-7-8-14(27-2)13(25)9-11/h3-9,17,25H,1-2H3,(H2,21,23,28)(H,22,24,26). The largest absolute Gasteiger partial charge is 0.504 e. The molecule has 148 valence electrons. The first-order chi connectivity index (χ1) is 14.0. The summed E-state index contributed by atoms with van der Waals surface area (Å²) in [6.45, 7) is 1.79. The molecule has 3 aromatic rings. The van der Waals surface area contributed by atoms with Gasteiger partial charge in [-0.3, -0.25) is 10.1 Å². The molecule has 1 amide bonds. The smallest absolute Gasteiger partial charge is 0.257 e. The lowest BCUT2D eigenvalue weighted by Gasteiger charge is -2.30. The van der Waals surface area contributed by atoms with Crippen molar-refractivity contribution in [1.29, 1.82) is 0 Å². The number of anilines is 1. The van der Waals surface area contributed by atoms with Crippen molar-refractivity contribution in [3.8, 4) is 11.5 Å². The van der Waals surface area contributed by atoms with E-state index in [1.165, 1.54) is 18.4 Å². The van der Waals surface area contributed by atoms with Gasteiger partial charge < -0.3 is 20.5 Å². The SMILES string of the molecule is COc1ccc(C2NC(=S)NC(C)=C2C(=O)Nc2nc3ccccc3s2)cc1O. The summed E-state index contributed by atoms with van der Waals surface area (Å²) in [6.07, 6.45) is 0. The molecule has 4 N–H and O–H groups in total. The van der Waals surface area contributed by atoms with Crippen LogP contribution in [0.5, 0.6) is 11.5 Å². The second kappa shape index (κ2) is 7.69. The number of aromatic hydroxyl groups is 1. The van der Waals surface area contributed by atoms with Gasteiger partial charge in [0.25, 0.3) is 5.91 Å². The maximum absolute atomic E-state index is 13.1. The van der Waals surface area contributed by atoms with Crippen molar-refractivity contribution in [2.45, 2.75) is 13.0 Å². The monoisotopic (exact) mass is 426 g/mol. The number of para-hydroxylation sites is 1. The summed E-state index contributed by atoms with van der Waals surface area (Å²) < 4.78 is 6.10. The number of allylic oxidation sites excluding steroid dienone is 1. The number of benzene rings is 2. The number of thiocarbonyl (C=S) groups is 1. The van der Waals surface area contributed by atoms with Crippen molar-refractivity contribution >= 4 is 49.9 Å². The number of nitrogens with zero attached hydrogens (tertiary/aromatic N) is 1. The Kier molecular flexibility index (Phi) is 5.08. The Labute approximate surface area is 176 Å². The van der Waals surface area contributed by atoms with Gasteiger partial charge in [0.1, 0.15) is 0 Å². The molecule has 29 heavy (non-hydrogen) atoms. The quantitative estimate of drug-likeness (QED) is 0.475. The van der Waals surface area contributed by atoms with Crippen molar-refractivity contribution in [2.75, 3.05) is 12.4 Å². The van der Waals surface area contributed by atoms with Gasteiger partial charge in [-0.15, -0.1) is 0 Å². The van der Waals surface area contributed by atoms with Crippen molar-refractivity contribution < 1.29 is 14.6 Å². The van der Waals surface area contributed by atoms with Crippen LogP contribution < -0.4 is 20.7 Å². The van der Waals surface area contributed by atoms with Crippen molar-refractivity contribution in [3.63, 3.8) is 0 Å². The Morgan fingerprint density at radius 1 is 1.31 bits per heavy atom. The molecule has 2 heterocycles. The molecule has 0 radical (unpaired) electrons. The van der Waals surface area contributed by atoms with Gasteiger partial charge in [-0.2, -0.15) is 0 Å². The zero-order valence-electron chi connectivity index (χ0n) is 15.6. The van der Waals surface area contributed by atoms with Gasteiger partial charge in [0, 0.05) is 5.70 Å². The predicted molar refractivity (Wildman–Crippen MR) is 117 cm³/mol. The first-order valence-corrected chi connectivity index (χ1v) is 10.0. The molecule has 0 bridgehead atoms. The Morgan fingerprint density at radius 3 is 2.83 bits per heavy atom. The van der Waals surface area contributed by atoms with Crippen molar-refractivity contribution in [3.05, 3.63) is 59.3 Å². The van der Waals surface area contributed by atoms with Crippen molar-refractivity contribution in [1.82, 2.24) is 15.6 Å². The molecular weight excluding hydrogens is 408 g/mol. The second-order valence-electron chi connectivity index (χ2n) is 6.44. The normalized spacial score (nSPS) is 16.3. The number of hydrogen-bond donors (Lipinski definition) is 4. The van der Waals surface area contributed by atoms with E-state index in [0.29, 0.717) is 32.8 Å². The minimum atomic E-state index is -0.532. The van der Waals surface area contributed by atoms with E-state index in [0.717, 1.165) is 10.2 Å². The summed E-state index contributed by atoms with van der Waals surface area (Å²) >= 11 is 6.68. The molecule has 1 atom stereocenters. The first-order valence-electron chi connectivity index (χ1n) is 8.78. The van der Waals surface area contributed by atoms with Crippen LogP contribution in [0.2, 0.25) is 0 Å². The fourth-order valence-corrected chi connectivity index (χ4v) is 4.35. The summed E-state index contributed by atoms with van der Waals surface area (Å²) in [7, 11) is 1.48. The minimum Gasteiger partial charge on any atom is -0.504 e. The summed E-state index contributed by atoms with van der Waals surface area (Å²) in [6, 6.07) is 12.1. The lowest BCUT2D eigenvalue weighted by atomic mass is 9.94. The molecule has 1 unspecified atom stereocenters. The van der Waals surface area contributed by atoms with E-state index < -0.39 is 6.04 Å². The average molecular weight is 427 g/mol. The number of phenols is 1. The van der Waals surface area contributed by atoms with Gasteiger partial charge in [-0.1, -0.05) is 29.5 Å². The molecule has 9 heteroatoms.